The summed E-state index contributed by atoms with van der Waals surface area (Å²) in [7, 11) is 0. The largest absolute Gasteiger partial charge is 0.491 e. The first-order valence-corrected chi connectivity index (χ1v) is 12.8. The molecule has 1 unspecified atom stereocenters. The average Bonchev–Trinajstić information content (AvgIpc) is 3.63. The lowest BCUT2D eigenvalue weighted by Gasteiger charge is -2.22. The fourth-order valence-electron chi connectivity index (χ4n) is 4.90. The molecule has 2 aliphatic heterocycles. The summed E-state index contributed by atoms with van der Waals surface area (Å²) >= 11 is 6.02. The van der Waals surface area contributed by atoms with Crippen LogP contribution < -0.4 is 19.9 Å². The molecule has 3 aliphatic rings. The van der Waals surface area contributed by atoms with Gasteiger partial charge in [0.15, 0.2) is 0 Å². The highest BCUT2D eigenvalue weighted by Gasteiger charge is 2.28. The molecule has 3 aromatic rings. The van der Waals surface area contributed by atoms with Gasteiger partial charge in [-0.2, -0.15) is 0 Å². The van der Waals surface area contributed by atoms with E-state index in [-0.39, 0.29) is 5.91 Å². The molecule has 1 saturated carbocycles. The van der Waals surface area contributed by atoms with Gasteiger partial charge in [-0.25, -0.2) is 4.98 Å². The number of ether oxygens (including phenoxy) is 1. The average molecular weight is 489 g/mol. The van der Waals surface area contributed by atoms with E-state index in [9.17, 15) is 4.79 Å². The van der Waals surface area contributed by atoms with Crippen molar-refractivity contribution in [1.82, 2.24) is 10.3 Å². The zero-order valence-corrected chi connectivity index (χ0v) is 20.4. The Hall–Kier alpha value is -3.09. The van der Waals surface area contributed by atoms with Crippen molar-refractivity contribution in [3.63, 3.8) is 0 Å². The van der Waals surface area contributed by atoms with Crippen LogP contribution in [-0.2, 0) is 0 Å². The van der Waals surface area contributed by atoms with E-state index in [1.165, 1.54) is 12.8 Å². The van der Waals surface area contributed by atoms with Crippen molar-refractivity contribution in [3.8, 4) is 16.9 Å². The number of amides is 1. The molecule has 1 aromatic heterocycles. The molecule has 0 spiro atoms. The second-order valence-electron chi connectivity index (χ2n) is 9.68. The van der Waals surface area contributed by atoms with Crippen LogP contribution in [0, 0.1) is 5.92 Å². The topological polar surface area (TPSA) is 57.7 Å². The van der Waals surface area contributed by atoms with Gasteiger partial charge in [0.2, 0.25) is 0 Å². The molecule has 35 heavy (non-hydrogen) atoms. The van der Waals surface area contributed by atoms with Gasteiger partial charge in [-0.05, 0) is 79.3 Å². The third kappa shape index (κ3) is 4.86. The Balaban J connectivity index is 1.16. The number of benzene rings is 2. The lowest BCUT2D eigenvalue weighted by molar-refractivity contribution is 0.0990. The lowest BCUT2D eigenvalue weighted by atomic mass is 10.0. The Morgan fingerprint density at radius 2 is 1.83 bits per heavy atom. The van der Waals surface area contributed by atoms with Gasteiger partial charge in [0.25, 0.3) is 5.91 Å². The molecule has 0 radical (unpaired) electrons. The normalized spacial score (nSPS) is 19.9. The van der Waals surface area contributed by atoms with E-state index in [1.807, 2.05) is 60.8 Å². The number of hydrogen-bond acceptors (Lipinski definition) is 5. The Labute approximate surface area is 210 Å². The standard InChI is InChI=1S/C28H29ClN4O2/c29-22-6-3-20(4-7-22)21-5-9-25-26(15-21)35-14-13-33(28(25)34)24-8-10-27(31-17-24)32-12-11-23(18-32)30-16-19-1-2-19/h3-10,15,17,19,23,30H,1-2,11-14,16,18H2. The summed E-state index contributed by atoms with van der Waals surface area (Å²) < 4.78 is 5.99. The van der Waals surface area contributed by atoms with Crippen molar-refractivity contribution in [3.05, 3.63) is 71.4 Å². The van der Waals surface area contributed by atoms with Crippen LogP contribution in [0.15, 0.2) is 60.8 Å². The number of fused-ring (bicyclic) bond motifs is 1. The molecule has 1 N–H and O–H groups in total. The Morgan fingerprint density at radius 3 is 2.60 bits per heavy atom. The zero-order valence-electron chi connectivity index (χ0n) is 19.6. The minimum Gasteiger partial charge on any atom is -0.491 e. The van der Waals surface area contributed by atoms with Crippen molar-refractivity contribution in [1.29, 1.82) is 0 Å². The number of nitrogens with zero attached hydrogens (tertiary/aromatic N) is 3. The second kappa shape index (κ2) is 9.51. The number of carbonyl (C=O) groups excluding carboxylic acids is 1. The number of anilines is 2. The second-order valence-corrected chi connectivity index (χ2v) is 10.1. The van der Waals surface area contributed by atoms with E-state index >= 15 is 0 Å². The highest BCUT2D eigenvalue weighted by molar-refractivity contribution is 6.30. The van der Waals surface area contributed by atoms with E-state index < -0.39 is 0 Å². The van der Waals surface area contributed by atoms with Crippen molar-refractivity contribution in [2.24, 2.45) is 5.92 Å². The number of halogens is 1. The molecule has 180 valence electrons. The van der Waals surface area contributed by atoms with Gasteiger partial charge in [0, 0.05) is 24.2 Å². The van der Waals surface area contributed by atoms with Gasteiger partial charge in [-0.15, -0.1) is 0 Å². The summed E-state index contributed by atoms with van der Waals surface area (Å²) in [5, 5.41) is 4.40. The Kier molecular flexibility index (Phi) is 6.08. The molecular formula is C28H29ClN4O2. The summed E-state index contributed by atoms with van der Waals surface area (Å²) in [5.74, 6) is 2.40. The molecular weight excluding hydrogens is 460 g/mol. The monoisotopic (exact) mass is 488 g/mol. The molecule has 6 nitrogen and oxygen atoms in total. The van der Waals surface area contributed by atoms with Crippen LogP contribution >= 0.6 is 11.6 Å². The van der Waals surface area contributed by atoms with Crippen LogP contribution in [0.1, 0.15) is 29.6 Å². The van der Waals surface area contributed by atoms with Crippen LogP contribution in [-0.4, -0.2) is 49.7 Å². The van der Waals surface area contributed by atoms with E-state index in [0.29, 0.717) is 35.5 Å². The molecule has 1 saturated heterocycles. The van der Waals surface area contributed by atoms with E-state index in [1.54, 1.807) is 4.90 Å². The molecule has 2 aromatic carbocycles. The van der Waals surface area contributed by atoms with Crippen LogP contribution in [0.2, 0.25) is 5.02 Å². The molecule has 3 heterocycles. The first-order chi connectivity index (χ1) is 17.1. The van der Waals surface area contributed by atoms with E-state index in [2.05, 4.69) is 10.2 Å². The van der Waals surface area contributed by atoms with Crippen molar-refractivity contribution < 1.29 is 9.53 Å². The third-order valence-corrected chi connectivity index (χ3v) is 7.41. The molecule has 1 aliphatic carbocycles. The summed E-state index contributed by atoms with van der Waals surface area (Å²) in [6.07, 6.45) is 5.71. The number of aromatic nitrogens is 1. The van der Waals surface area contributed by atoms with Crippen LogP contribution in [0.3, 0.4) is 0 Å². The Morgan fingerprint density at radius 1 is 1.00 bits per heavy atom. The zero-order chi connectivity index (χ0) is 23.8. The van der Waals surface area contributed by atoms with Gasteiger partial charge < -0.3 is 19.9 Å². The SMILES string of the molecule is O=C1c2ccc(-c3ccc(Cl)cc3)cc2OCCN1c1ccc(N2CCC(NCC3CC3)C2)nc1. The first-order valence-electron chi connectivity index (χ1n) is 12.4. The Bertz CT molecular complexity index is 1210. The third-order valence-electron chi connectivity index (χ3n) is 7.16. The minimum absolute atomic E-state index is 0.0692. The van der Waals surface area contributed by atoms with Crippen LogP contribution in [0.25, 0.3) is 11.1 Å². The maximum absolute atomic E-state index is 13.4. The van der Waals surface area contributed by atoms with Gasteiger partial charge in [-0.3, -0.25) is 4.79 Å². The van der Waals surface area contributed by atoms with E-state index in [4.69, 9.17) is 21.3 Å². The molecule has 1 amide bonds. The molecule has 2 fully saturated rings. The van der Waals surface area contributed by atoms with Crippen LogP contribution in [0.5, 0.6) is 5.75 Å². The lowest BCUT2D eigenvalue weighted by Crippen LogP contribution is -2.34. The molecule has 0 bridgehead atoms. The van der Waals surface area contributed by atoms with E-state index in [0.717, 1.165) is 54.6 Å². The van der Waals surface area contributed by atoms with Gasteiger partial charge in [0.05, 0.1) is 24.0 Å². The predicted molar refractivity (Wildman–Crippen MR) is 140 cm³/mol. The fraction of sp³-hybridized carbons (Fsp3) is 0.357. The fourth-order valence-corrected chi connectivity index (χ4v) is 5.02. The number of nitrogens with one attached hydrogen (secondary N) is 1. The highest BCUT2D eigenvalue weighted by atomic mass is 35.5. The summed E-state index contributed by atoms with van der Waals surface area (Å²) in [6, 6.07) is 18.0. The number of pyridine rings is 1. The van der Waals surface area contributed by atoms with Crippen molar-refractivity contribution >= 4 is 29.0 Å². The molecule has 7 heteroatoms. The summed E-state index contributed by atoms with van der Waals surface area (Å²) in [4.78, 5) is 22.2. The first kappa shape index (κ1) is 22.4. The maximum Gasteiger partial charge on any atom is 0.262 e. The highest BCUT2D eigenvalue weighted by Crippen LogP contribution is 2.32. The molecule has 1 atom stereocenters. The number of hydrogen-bond donors (Lipinski definition) is 1. The number of carbonyl (C=O) groups is 1. The minimum atomic E-state index is -0.0692. The predicted octanol–water partition coefficient (Wildman–Crippen LogP) is 5.02. The quantitative estimate of drug-likeness (QED) is 0.528. The summed E-state index contributed by atoms with van der Waals surface area (Å²) in [5.41, 5.74) is 3.37. The smallest absolute Gasteiger partial charge is 0.262 e. The summed E-state index contributed by atoms with van der Waals surface area (Å²) in [6.45, 7) is 4.03. The maximum atomic E-state index is 13.4. The molecule has 6 rings (SSSR count). The van der Waals surface area contributed by atoms with Gasteiger partial charge >= 0.3 is 0 Å². The number of rotatable bonds is 6. The van der Waals surface area contributed by atoms with Crippen LogP contribution in [0.4, 0.5) is 11.5 Å². The van der Waals surface area contributed by atoms with Crippen molar-refractivity contribution in [2.45, 2.75) is 25.3 Å². The van der Waals surface area contributed by atoms with Crippen molar-refractivity contribution in [2.75, 3.05) is 42.6 Å². The van der Waals surface area contributed by atoms with Gasteiger partial charge in [-0.1, -0.05) is 29.8 Å². The van der Waals surface area contributed by atoms with Gasteiger partial charge in [0.1, 0.15) is 18.2 Å².